The van der Waals surface area contributed by atoms with Gasteiger partial charge >= 0.3 is 0 Å². The zero-order valence-corrected chi connectivity index (χ0v) is 18.1. The molecule has 0 atom stereocenters. The van der Waals surface area contributed by atoms with Crippen molar-refractivity contribution >= 4 is 32.5 Å². The minimum atomic E-state index is 0.618. The molecule has 2 aromatic carbocycles. The number of nitriles is 1. The Kier molecular flexibility index (Phi) is 4.99. The molecule has 2 aromatic heterocycles. The average molecular weight is 432 g/mol. The van der Waals surface area contributed by atoms with E-state index in [9.17, 15) is 0 Å². The lowest BCUT2D eigenvalue weighted by molar-refractivity contribution is 0.986. The normalized spacial score (nSPS) is 13.3. The first-order valence-corrected chi connectivity index (χ1v) is 10.8. The third-order valence-corrected chi connectivity index (χ3v) is 6.29. The molecule has 5 rings (SSSR count). The van der Waals surface area contributed by atoms with Gasteiger partial charge in [0.05, 0.1) is 23.5 Å². The summed E-state index contributed by atoms with van der Waals surface area (Å²) < 4.78 is 0. The second kappa shape index (κ2) is 8.11. The molecule has 0 saturated carbocycles. The van der Waals surface area contributed by atoms with Gasteiger partial charge in [-0.15, -0.1) is 6.42 Å². The summed E-state index contributed by atoms with van der Waals surface area (Å²) in [5.41, 5.74) is 7.08. The molecule has 0 N–H and O–H groups in total. The van der Waals surface area contributed by atoms with Crippen LogP contribution in [-0.4, -0.2) is 21.5 Å². The molecular formula is C26H17N5S. The summed E-state index contributed by atoms with van der Waals surface area (Å²) >= 11 is 1.52. The Morgan fingerprint density at radius 1 is 1.09 bits per heavy atom. The molecule has 0 aliphatic carbocycles. The molecular weight excluding hydrogens is 414 g/mol. The first-order chi connectivity index (χ1) is 15.7. The molecule has 0 fully saturated rings. The number of hydrogen-bond acceptors (Lipinski definition) is 6. The monoisotopic (exact) mass is 431 g/mol. The molecule has 4 aromatic rings. The third kappa shape index (κ3) is 3.54. The summed E-state index contributed by atoms with van der Waals surface area (Å²) in [4.78, 5) is 16.9. The third-order valence-electron chi connectivity index (χ3n) is 5.33. The molecule has 32 heavy (non-hydrogen) atoms. The van der Waals surface area contributed by atoms with E-state index in [0.717, 1.165) is 43.6 Å². The van der Waals surface area contributed by atoms with Crippen LogP contribution in [0.25, 0.3) is 27.3 Å². The largest absolute Gasteiger partial charge is 0.318 e. The number of benzene rings is 2. The van der Waals surface area contributed by atoms with Gasteiger partial charge in [-0.25, -0.2) is 9.97 Å². The summed E-state index contributed by atoms with van der Waals surface area (Å²) in [6.07, 6.45) is 11.7. The number of aromatic nitrogens is 3. The fourth-order valence-corrected chi connectivity index (χ4v) is 4.62. The summed E-state index contributed by atoms with van der Waals surface area (Å²) in [5, 5.41) is 9.84. The molecule has 5 nitrogen and oxygen atoms in total. The lowest BCUT2D eigenvalue weighted by Crippen LogP contribution is -2.23. The van der Waals surface area contributed by atoms with Crippen LogP contribution in [0, 0.1) is 23.7 Å². The number of anilines is 1. The highest BCUT2D eigenvalue weighted by Gasteiger charge is 2.19. The maximum absolute atomic E-state index is 8.99. The fraction of sp³-hybridized carbons (Fsp3) is 0.0769. The van der Waals surface area contributed by atoms with Crippen LogP contribution in [-0.2, 0) is 0 Å². The Morgan fingerprint density at radius 3 is 2.66 bits per heavy atom. The van der Waals surface area contributed by atoms with E-state index >= 15 is 0 Å². The Balaban J connectivity index is 1.44. The molecule has 6 heteroatoms. The molecule has 0 unspecified atom stereocenters. The standard InChI is InChI=1S/C26H17N5S/c1-3-19-6-4-5-7-22(19)21-12-13-31(17(2)14-21)26-30-24-25(32-26)29-23(16-28-24)20-10-8-18(15-27)9-11-20/h1,4-12,14,16H,13H2,2H3. The van der Waals surface area contributed by atoms with Crippen molar-refractivity contribution in [2.75, 3.05) is 11.4 Å². The van der Waals surface area contributed by atoms with E-state index < -0.39 is 0 Å². The summed E-state index contributed by atoms with van der Waals surface area (Å²) in [7, 11) is 0. The molecule has 0 saturated heterocycles. The predicted octanol–water partition coefficient (Wildman–Crippen LogP) is 5.41. The second-order valence-corrected chi connectivity index (χ2v) is 8.27. The molecule has 0 bridgehead atoms. The molecule has 1 aliphatic rings. The molecule has 0 radical (unpaired) electrons. The van der Waals surface area contributed by atoms with Gasteiger partial charge in [0, 0.05) is 23.4 Å². The van der Waals surface area contributed by atoms with E-state index in [0.29, 0.717) is 17.8 Å². The van der Waals surface area contributed by atoms with Crippen LogP contribution >= 0.6 is 11.3 Å². The van der Waals surface area contributed by atoms with Crippen molar-refractivity contribution in [1.29, 1.82) is 5.26 Å². The van der Waals surface area contributed by atoms with Gasteiger partial charge < -0.3 is 4.90 Å². The quantitative estimate of drug-likeness (QED) is 0.406. The van der Waals surface area contributed by atoms with Gasteiger partial charge in [0.25, 0.3) is 0 Å². The molecule has 3 heterocycles. The molecule has 152 valence electrons. The minimum absolute atomic E-state index is 0.618. The maximum atomic E-state index is 8.99. The number of hydrogen-bond donors (Lipinski definition) is 0. The Hall–Kier alpha value is -4.26. The van der Waals surface area contributed by atoms with Gasteiger partial charge in [-0.05, 0) is 42.3 Å². The SMILES string of the molecule is C#Cc1ccccc1C1=CCN(c2nc3ncc(-c4ccc(C#N)cc4)nc3s2)C(C)=C1. The number of allylic oxidation sites excluding steroid dienone is 3. The Labute approximate surface area is 190 Å². The molecule has 0 amide bonds. The average Bonchev–Trinajstić information content (AvgIpc) is 3.27. The first kappa shape index (κ1) is 19.7. The highest BCUT2D eigenvalue weighted by Crippen LogP contribution is 2.33. The van der Waals surface area contributed by atoms with Crippen LogP contribution in [0.3, 0.4) is 0 Å². The number of nitrogens with zero attached hydrogens (tertiary/aromatic N) is 5. The lowest BCUT2D eigenvalue weighted by atomic mass is 9.97. The van der Waals surface area contributed by atoms with Crippen LogP contribution in [0.1, 0.15) is 23.6 Å². The van der Waals surface area contributed by atoms with Gasteiger partial charge in [-0.3, -0.25) is 0 Å². The van der Waals surface area contributed by atoms with Crippen LogP contribution in [0.4, 0.5) is 5.13 Å². The zero-order valence-electron chi connectivity index (χ0n) is 17.3. The smallest absolute Gasteiger partial charge is 0.194 e. The van der Waals surface area contributed by atoms with Crippen molar-refractivity contribution in [3.05, 3.63) is 89.3 Å². The first-order valence-electron chi connectivity index (χ1n) is 10.0. The number of rotatable bonds is 3. The lowest BCUT2D eigenvalue weighted by Gasteiger charge is -2.25. The highest BCUT2D eigenvalue weighted by atomic mass is 32.1. The summed E-state index contributed by atoms with van der Waals surface area (Å²) in [6, 6.07) is 17.4. The minimum Gasteiger partial charge on any atom is -0.318 e. The van der Waals surface area contributed by atoms with Gasteiger partial charge in [0.1, 0.15) is 0 Å². The second-order valence-electron chi connectivity index (χ2n) is 7.32. The predicted molar refractivity (Wildman–Crippen MR) is 129 cm³/mol. The summed E-state index contributed by atoms with van der Waals surface area (Å²) in [6.45, 7) is 2.76. The van der Waals surface area contributed by atoms with Crippen molar-refractivity contribution in [1.82, 2.24) is 15.0 Å². The van der Waals surface area contributed by atoms with E-state index in [4.69, 9.17) is 21.7 Å². The van der Waals surface area contributed by atoms with E-state index in [1.165, 1.54) is 11.3 Å². The Morgan fingerprint density at radius 2 is 1.91 bits per heavy atom. The van der Waals surface area contributed by atoms with Gasteiger partial charge in [-0.2, -0.15) is 10.2 Å². The van der Waals surface area contributed by atoms with Crippen LogP contribution in [0.15, 0.2) is 72.6 Å². The number of fused-ring (bicyclic) bond motifs is 1. The van der Waals surface area contributed by atoms with Crippen molar-refractivity contribution in [2.24, 2.45) is 0 Å². The highest BCUT2D eigenvalue weighted by molar-refractivity contribution is 7.21. The zero-order chi connectivity index (χ0) is 22.1. The van der Waals surface area contributed by atoms with Crippen molar-refractivity contribution in [3.8, 4) is 29.7 Å². The van der Waals surface area contributed by atoms with E-state index in [1.807, 2.05) is 30.3 Å². The van der Waals surface area contributed by atoms with Crippen LogP contribution < -0.4 is 4.90 Å². The van der Waals surface area contributed by atoms with Crippen LogP contribution in [0.2, 0.25) is 0 Å². The fourth-order valence-electron chi connectivity index (χ4n) is 3.65. The number of terminal acetylenes is 1. The maximum Gasteiger partial charge on any atom is 0.194 e. The van der Waals surface area contributed by atoms with Crippen molar-refractivity contribution in [3.63, 3.8) is 0 Å². The summed E-state index contributed by atoms with van der Waals surface area (Å²) in [5.74, 6) is 2.77. The van der Waals surface area contributed by atoms with Crippen molar-refractivity contribution < 1.29 is 0 Å². The van der Waals surface area contributed by atoms with Gasteiger partial charge in [-0.1, -0.05) is 53.7 Å². The van der Waals surface area contributed by atoms with Gasteiger partial charge in [0.15, 0.2) is 15.6 Å². The van der Waals surface area contributed by atoms with Crippen LogP contribution in [0.5, 0.6) is 0 Å². The number of thiazole rings is 1. The van der Waals surface area contributed by atoms with E-state index in [2.05, 4.69) is 47.0 Å². The molecule has 0 spiro atoms. The van der Waals surface area contributed by atoms with Crippen molar-refractivity contribution in [2.45, 2.75) is 6.92 Å². The van der Waals surface area contributed by atoms with E-state index in [1.54, 1.807) is 18.3 Å². The van der Waals surface area contributed by atoms with E-state index in [-0.39, 0.29) is 0 Å². The van der Waals surface area contributed by atoms with Gasteiger partial charge in [0.2, 0.25) is 0 Å². The topological polar surface area (TPSA) is 65.7 Å². The molecule has 1 aliphatic heterocycles. The Bertz CT molecular complexity index is 1480.